The van der Waals surface area contributed by atoms with Crippen molar-refractivity contribution < 1.29 is 9.53 Å². The maximum absolute atomic E-state index is 14.2. The van der Waals surface area contributed by atoms with Crippen LogP contribution in [0.5, 0.6) is 5.75 Å². The molecular formula is C27H23N3O2S. The van der Waals surface area contributed by atoms with Crippen molar-refractivity contribution in [1.82, 2.24) is 9.97 Å². The summed E-state index contributed by atoms with van der Waals surface area (Å²) in [6.07, 6.45) is 3.51. The van der Waals surface area contributed by atoms with E-state index < -0.39 is 0 Å². The molecule has 6 heteroatoms. The molecule has 0 aliphatic heterocycles. The Balaban J connectivity index is 1.69. The zero-order chi connectivity index (χ0) is 22.8. The van der Waals surface area contributed by atoms with E-state index in [4.69, 9.17) is 9.72 Å². The van der Waals surface area contributed by atoms with Gasteiger partial charge in [-0.3, -0.25) is 14.7 Å². The lowest BCUT2D eigenvalue weighted by Crippen LogP contribution is -2.31. The zero-order valence-corrected chi connectivity index (χ0v) is 19.3. The number of benzene rings is 3. The van der Waals surface area contributed by atoms with Crippen LogP contribution in [0.3, 0.4) is 0 Å². The van der Waals surface area contributed by atoms with Gasteiger partial charge in [0.15, 0.2) is 5.13 Å². The summed E-state index contributed by atoms with van der Waals surface area (Å²) in [5.41, 5.74) is 3.49. The number of hydrogen-bond acceptors (Lipinski definition) is 5. The highest BCUT2D eigenvalue weighted by Crippen LogP contribution is 2.35. The quantitative estimate of drug-likeness (QED) is 0.299. The van der Waals surface area contributed by atoms with Gasteiger partial charge in [-0.05, 0) is 53.9 Å². The number of carbonyl (C=O) groups is 1. The van der Waals surface area contributed by atoms with Crippen molar-refractivity contribution in [3.8, 4) is 5.75 Å². The van der Waals surface area contributed by atoms with Gasteiger partial charge in [0.25, 0.3) is 5.91 Å². The second kappa shape index (κ2) is 9.00. The average molecular weight is 454 g/mol. The van der Waals surface area contributed by atoms with Crippen LogP contribution in [-0.2, 0) is 6.54 Å². The molecule has 33 heavy (non-hydrogen) atoms. The molecule has 5 aromatic rings. The molecular weight excluding hydrogens is 430 g/mol. The average Bonchev–Trinajstić information content (AvgIpc) is 3.28. The molecule has 164 valence electrons. The highest BCUT2D eigenvalue weighted by Gasteiger charge is 2.26. The number of fused-ring (bicyclic) bond motifs is 2. The minimum atomic E-state index is -0.143. The number of hydrogen-bond donors (Lipinski definition) is 0. The van der Waals surface area contributed by atoms with Crippen molar-refractivity contribution in [3.63, 3.8) is 0 Å². The predicted octanol–water partition coefficient (Wildman–Crippen LogP) is 6.40. The minimum Gasteiger partial charge on any atom is -0.493 e. The molecule has 0 saturated heterocycles. The van der Waals surface area contributed by atoms with E-state index in [0.717, 1.165) is 32.1 Å². The molecule has 0 atom stereocenters. The van der Waals surface area contributed by atoms with Gasteiger partial charge in [0.05, 0.1) is 28.9 Å². The molecule has 0 aliphatic carbocycles. The predicted molar refractivity (Wildman–Crippen MR) is 134 cm³/mol. The number of carbonyl (C=O) groups excluding carboxylic acids is 1. The molecule has 5 rings (SSSR count). The first-order valence-electron chi connectivity index (χ1n) is 10.9. The third-order valence-electron chi connectivity index (χ3n) is 5.55. The van der Waals surface area contributed by atoms with Gasteiger partial charge in [-0.25, -0.2) is 4.98 Å². The van der Waals surface area contributed by atoms with E-state index in [1.54, 1.807) is 17.3 Å². The van der Waals surface area contributed by atoms with Crippen LogP contribution >= 0.6 is 11.3 Å². The second-order valence-electron chi connectivity index (χ2n) is 7.76. The van der Waals surface area contributed by atoms with Gasteiger partial charge >= 0.3 is 0 Å². The van der Waals surface area contributed by atoms with E-state index in [1.807, 2.05) is 80.6 Å². The number of pyridine rings is 1. The number of amides is 1. The molecule has 0 N–H and O–H groups in total. The van der Waals surface area contributed by atoms with Crippen molar-refractivity contribution in [2.75, 3.05) is 11.5 Å². The monoisotopic (exact) mass is 453 g/mol. The van der Waals surface area contributed by atoms with Crippen LogP contribution in [0.2, 0.25) is 0 Å². The van der Waals surface area contributed by atoms with Crippen molar-refractivity contribution in [3.05, 3.63) is 95.8 Å². The number of nitrogens with zero attached hydrogens (tertiary/aromatic N) is 3. The lowest BCUT2D eigenvalue weighted by Gasteiger charge is -2.22. The summed E-state index contributed by atoms with van der Waals surface area (Å²) in [7, 11) is 0. The summed E-state index contributed by atoms with van der Waals surface area (Å²) in [6.45, 7) is 4.80. The number of aromatic nitrogens is 2. The van der Waals surface area contributed by atoms with Gasteiger partial charge in [0, 0.05) is 12.4 Å². The van der Waals surface area contributed by atoms with Crippen LogP contribution in [-0.4, -0.2) is 22.5 Å². The van der Waals surface area contributed by atoms with E-state index in [-0.39, 0.29) is 5.91 Å². The van der Waals surface area contributed by atoms with E-state index >= 15 is 0 Å². The second-order valence-corrected chi connectivity index (χ2v) is 8.77. The standard InChI is InChI=1S/C27H23N3O2S/c1-3-32-22-14-13-20-10-4-5-11-21(20)24(22)26(31)30(17-19-9-7-15-28-16-19)27-29-25-18(2)8-6-12-23(25)33-27/h4-16H,3,17H2,1-2H3. The number of aryl methyl sites for hydroxylation is 1. The van der Waals surface area contributed by atoms with Gasteiger partial charge in [-0.2, -0.15) is 0 Å². The minimum absolute atomic E-state index is 0.143. The molecule has 2 aromatic heterocycles. The van der Waals surface area contributed by atoms with Crippen LogP contribution in [0.15, 0.2) is 79.1 Å². The Morgan fingerprint density at radius 1 is 1.03 bits per heavy atom. The van der Waals surface area contributed by atoms with E-state index in [0.29, 0.717) is 29.6 Å². The first kappa shape index (κ1) is 21.1. The summed E-state index contributed by atoms with van der Waals surface area (Å²) < 4.78 is 6.96. The molecule has 1 amide bonds. The third kappa shape index (κ3) is 4.05. The van der Waals surface area contributed by atoms with Crippen LogP contribution < -0.4 is 9.64 Å². The molecule has 0 saturated carbocycles. The number of ether oxygens (including phenoxy) is 1. The summed E-state index contributed by atoms with van der Waals surface area (Å²) in [5, 5.41) is 2.51. The van der Waals surface area contributed by atoms with Crippen molar-refractivity contribution >= 4 is 43.4 Å². The fourth-order valence-electron chi connectivity index (χ4n) is 3.97. The molecule has 3 aromatic carbocycles. The van der Waals surface area contributed by atoms with Crippen molar-refractivity contribution in [1.29, 1.82) is 0 Å². The van der Waals surface area contributed by atoms with Gasteiger partial charge in [0.2, 0.25) is 0 Å². The number of anilines is 1. The number of thiazole rings is 1. The van der Waals surface area contributed by atoms with Crippen LogP contribution in [0.4, 0.5) is 5.13 Å². The number of rotatable bonds is 6. The number of para-hydroxylation sites is 1. The fraction of sp³-hybridized carbons (Fsp3) is 0.148. The highest BCUT2D eigenvalue weighted by molar-refractivity contribution is 7.22. The Labute approximate surface area is 196 Å². The molecule has 2 heterocycles. The molecule has 0 aliphatic rings. The van der Waals surface area contributed by atoms with Crippen LogP contribution in [0.1, 0.15) is 28.4 Å². The van der Waals surface area contributed by atoms with Crippen LogP contribution in [0, 0.1) is 6.92 Å². The third-order valence-corrected chi connectivity index (χ3v) is 6.60. The molecule has 0 spiro atoms. The molecule has 0 bridgehead atoms. The Kier molecular flexibility index (Phi) is 5.75. The summed E-state index contributed by atoms with van der Waals surface area (Å²) in [4.78, 5) is 25.1. The largest absolute Gasteiger partial charge is 0.493 e. The maximum Gasteiger partial charge on any atom is 0.264 e. The topological polar surface area (TPSA) is 55.3 Å². The normalized spacial score (nSPS) is 11.1. The zero-order valence-electron chi connectivity index (χ0n) is 18.5. The molecule has 5 nitrogen and oxygen atoms in total. The summed E-state index contributed by atoms with van der Waals surface area (Å²) in [5.74, 6) is 0.436. The maximum atomic E-state index is 14.2. The Bertz CT molecular complexity index is 1450. The van der Waals surface area contributed by atoms with E-state index in [1.165, 1.54) is 11.3 Å². The Morgan fingerprint density at radius 2 is 1.91 bits per heavy atom. The SMILES string of the molecule is CCOc1ccc2ccccc2c1C(=O)N(Cc1cccnc1)c1nc2c(C)cccc2s1. The van der Waals surface area contributed by atoms with Crippen LogP contribution in [0.25, 0.3) is 21.0 Å². The van der Waals surface area contributed by atoms with Crippen molar-refractivity contribution in [2.45, 2.75) is 20.4 Å². The fourth-order valence-corrected chi connectivity index (χ4v) is 5.01. The summed E-state index contributed by atoms with van der Waals surface area (Å²) >= 11 is 1.52. The Hall–Kier alpha value is -3.77. The summed E-state index contributed by atoms with van der Waals surface area (Å²) in [6, 6.07) is 21.7. The molecule has 0 unspecified atom stereocenters. The van der Waals surface area contributed by atoms with E-state index in [2.05, 4.69) is 4.98 Å². The van der Waals surface area contributed by atoms with Gasteiger partial charge in [-0.15, -0.1) is 0 Å². The van der Waals surface area contributed by atoms with Crippen molar-refractivity contribution in [2.24, 2.45) is 0 Å². The van der Waals surface area contributed by atoms with E-state index in [9.17, 15) is 4.79 Å². The smallest absolute Gasteiger partial charge is 0.264 e. The Morgan fingerprint density at radius 3 is 2.70 bits per heavy atom. The highest BCUT2D eigenvalue weighted by atomic mass is 32.1. The van der Waals surface area contributed by atoms with Gasteiger partial charge in [0.1, 0.15) is 5.75 Å². The molecule has 0 radical (unpaired) electrons. The lowest BCUT2D eigenvalue weighted by atomic mass is 10.0. The first-order chi connectivity index (χ1) is 16.2. The molecule has 0 fully saturated rings. The van der Waals surface area contributed by atoms with Gasteiger partial charge < -0.3 is 4.74 Å². The first-order valence-corrected chi connectivity index (χ1v) is 11.7. The van der Waals surface area contributed by atoms with Gasteiger partial charge in [-0.1, -0.05) is 59.9 Å². The lowest BCUT2D eigenvalue weighted by molar-refractivity contribution is 0.0983.